The second kappa shape index (κ2) is 6.81. The number of nitrogens with zero attached hydrogens (tertiary/aromatic N) is 1. The van der Waals surface area contributed by atoms with E-state index in [9.17, 15) is 4.79 Å². The number of halogens is 1. The summed E-state index contributed by atoms with van der Waals surface area (Å²) in [5.41, 5.74) is -0.227. The molecule has 110 valence electrons. The summed E-state index contributed by atoms with van der Waals surface area (Å²) in [4.78, 5) is 14.5. The molecule has 0 bridgehead atoms. The number of ether oxygens (including phenoxy) is 1. The van der Waals surface area contributed by atoms with Gasteiger partial charge in [0, 0.05) is 24.8 Å². The second-order valence-corrected chi connectivity index (χ2v) is 8.06. The van der Waals surface area contributed by atoms with Crippen molar-refractivity contribution in [2.45, 2.75) is 44.8 Å². The van der Waals surface area contributed by atoms with Gasteiger partial charge in [0.05, 0.1) is 11.7 Å². The number of carbonyl (C=O) groups excluding carboxylic acids is 1. The third kappa shape index (κ3) is 4.64. The van der Waals surface area contributed by atoms with Crippen molar-refractivity contribution in [2.24, 2.45) is 5.92 Å². The molecule has 0 aromatic heterocycles. The van der Waals surface area contributed by atoms with Crippen LogP contribution in [0.5, 0.6) is 0 Å². The highest BCUT2D eigenvalue weighted by atomic mass is 79.9. The van der Waals surface area contributed by atoms with Gasteiger partial charge in [-0.05, 0) is 44.1 Å². The molecule has 0 radical (unpaired) electrons. The molecule has 1 atom stereocenters. The largest absolute Gasteiger partial charge is 0.368 e. The highest BCUT2D eigenvalue weighted by Gasteiger charge is 2.35. The van der Waals surface area contributed by atoms with Gasteiger partial charge in [0.2, 0.25) is 5.91 Å². The molecule has 0 N–H and O–H groups in total. The molecule has 1 unspecified atom stereocenters. The summed E-state index contributed by atoms with van der Waals surface area (Å²) in [6.45, 7) is 5.59. The molecular formula is C14H24BrNO2S. The Morgan fingerprint density at radius 3 is 2.74 bits per heavy atom. The van der Waals surface area contributed by atoms with Crippen LogP contribution in [0.1, 0.15) is 33.1 Å². The van der Waals surface area contributed by atoms with Crippen LogP contribution in [-0.2, 0) is 9.53 Å². The van der Waals surface area contributed by atoms with Crippen LogP contribution in [-0.4, -0.2) is 52.4 Å². The summed E-state index contributed by atoms with van der Waals surface area (Å²) in [7, 11) is 0. The minimum absolute atomic E-state index is 0.120. The fraction of sp³-hybridized carbons (Fsp3) is 0.929. The lowest BCUT2D eigenvalue weighted by Crippen LogP contribution is -2.55. The predicted molar refractivity (Wildman–Crippen MR) is 84.0 cm³/mol. The van der Waals surface area contributed by atoms with Crippen LogP contribution in [0, 0.1) is 5.92 Å². The number of hydrogen-bond acceptors (Lipinski definition) is 3. The van der Waals surface area contributed by atoms with E-state index in [-0.39, 0.29) is 11.7 Å². The van der Waals surface area contributed by atoms with Gasteiger partial charge in [0.15, 0.2) is 0 Å². The SMILES string of the molecule is CC1(C)CN(C(=O)CC2CCSCC2)CC(CBr)O1. The Labute approximate surface area is 128 Å². The van der Waals surface area contributed by atoms with Crippen LogP contribution in [0.4, 0.5) is 0 Å². The van der Waals surface area contributed by atoms with Crippen molar-refractivity contribution in [3.8, 4) is 0 Å². The molecule has 2 aliphatic heterocycles. The van der Waals surface area contributed by atoms with E-state index >= 15 is 0 Å². The Balaban J connectivity index is 1.89. The molecule has 5 heteroatoms. The van der Waals surface area contributed by atoms with Crippen LogP contribution in [0.25, 0.3) is 0 Å². The third-order valence-electron chi connectivity index (χ3n) is 3.81. The molecule has 0 saturated carbocycles. The molecule has 0 aliphatic carbocycles. The maximum absolute atomic E-state index is 12.5. The lowest BCUT2D eigenvalue weighted by Gasteiger charge is -2.42. The first-order valence-electron chi connectivity index (χ1n) is 7.09. The van der Waals surface area contributed by atoms with Crippen LogP contribution in [0.3, 0.4) is 0 Å². The summed E-state index contributed by atoms with van der Waals surface area (Å²) >= 11 is 5.49. The van der Waals surface area contributed by atoms with E-state index in [0.29, 0.717) is 11.8 Å². The normalized spacial score (nSPS) is 28.4. The van der Waals surface area contributed by atoms with Crippen molar-refractivity contribution >= 4 is 33.6 Å². The molecule has 0 spiro atoms. The van der Waals surface area contributed by atoms with Crippen molar-refractivity contribution in [3.63, 3.8) is 0 Å². The minimum Gasteiger partial charge on any atom is -0.368 e. The zero-order valence-electron chi connectivity index (χ0n) is 11.9. The smallest absolute Gasteiger partial charge is 0.223 e. The van der Waals surface area contributed by atoms with Gasteiger partial charge < -0.3 is 9.64 Å². The van der Waals surface area contributed by atoms with Crippen LogP contribution in [0.2, 0.25) is 0 Å². The van der Waals surface area contributed by atoms with Crippen molar-refractivity contribution in [1.29, 1.82) is 0 Å². The van der Waals surface area contributed by atoms with Gasteiger partial charge in [0.1, 0.15) is 0 Å². The monoisotopic (exact) mass is 349 g/mol. The Bertz CT molecular complexity index is 319. The van der Waals surface area contributed by atoms with Crippen LogP contribution < -0.4 is 0 Å². The molecule has 3 nitrogen and oxygen atoms in total. The summed E-state index contributed by atoms with van der Waals surface area (Å²) in [6, 6.07) is 0. The van der Waals surface area contributed by atoms with Gasteiger partial charge in [0.25, 0.3) is 0 Å². The number of rotatable bonds is 3. The van der Waals surface area contributed by atoms with E-state index < -0.39 is 0 Å². The number of hydrogen-bond donors (Lipinski definition) is 0. The van der Waals surface area contributed by atoms with Crippen molar-refractivity contribution < 1.29 is 9.53 Å². The predicted octanol–water partition coefficient (Wildman–Crippen LogP) is 2.92. The molecule has 1 amide bonds. The van der Waals surface area contributed by atoms with Crippen LogP contribution in [0.15, 0.2) is 0 Å². The van der Waals surface area contributed by atoms with Crippen LogP contribution >= 0.6 is 27.7 Å². The maximum atomic E-state index is 12.5. The maximum Gasteiger partial charge on any atom is 0.223 e. The van der Waals surface area contributed by atoms with Gasteiger partial charge in [-0.3, -0.25) is 4.79 Å². The number of carbonyl (C=O) groups is 1. The molecule has 2 fully saturated rings. The van der Waals surface area contributed by atoms with Gasteiger partial charge in [-0.15, -0.1) is 0 Å². The number of morpholine rings is 1. The lowest BCUT2D eigenvalue weighted by atomic mass is 9.97. The Hall–Kier alpha value is 0.260. The molecule has 2 heterocycles. The van der Waals surface area contributed by atoms with Gasteiger partial charge in [-0.25, -0.2) is 0 Å². The van der Waals surface area contributed by atoms with E-state index in [0.717, 1.165) is 24.8 Å². The highest BCUT2D eigenvalue weighted by Crippen LogP contribution is 2.28. The minimum atomic E-state index is -0.227. The summed E-state index contributed by atoms with van der Waals surface area (Å²) in [6.07, 6.45) is 3.25. The summed E-state index contributed by atoms with van der Waals surface area (Å²) < 4.78 is 5.95. The first-order valence-corrected chi connectivity index (χ1v) is 9.37. The highest BCUT2D eigenvalue weighted by molar-refractivity contribution is 9.09. The topological polar surface area (TPSA) is 29.5 Å². The zero-order chi connectivity index (χ0) is 13.9. The molecule has 0 aromatic carbocycles. The van der Waals surface area contributed by atoms with E-state index in [2.05, 4.69) is 29.8 Å². The van der Waals surface area contributed by atoms with E-state index in [1.165, 1.54) is 24.3 Å². The summed E-state index contributed by atoms with van der Waals surface area (Å²) in [5.74, 6) is 3.36. The van der Waals surface area contributed by atoms with E-state index in [4.69, 9.17) is 4.74 Å². The first-order chi connectivity index (χ1) is 9.00. The molecule has 2 saturated heterocycles. The molecule has 19 heavy (non-hydrogen) atoms. The van der Waals surface area contributed by atoms with Gasteiger partial charge in [-0.2, -0.15) is 11.8 Å². The third-order valence-corrected chi connectivity index (χ3v) is 5.58. The summed E-state index contributed by atoms with van der Waals surface area (Å²) in [5, 5.41) is 0.792. The Kier molecular flexibility index (Phi) is 5.61. The zero-order valence-corrected chi connectivity index (χ0v) is 14.3. The van der Waals surface area contributed by atoms with E-state index in [1.807, 2.05) is 16.7 Å². The molecule has 0 aromatic rings. The molecule has 2 aliphatic rings. The lowest BCUT2D eigenvalue weighted by molar-refractivity contribution is -0.158. The van der Waals surface area contributed by atoms with Crippen molar-refractivity contribution in [3.05, 3.63) is 0 Å². The van der Waals surface area contributed by atoms with Gasteiger partial charge in [-0.1, -0.05) is 15.9 Å². The molecular weight excluding hydrogens is 326 g/mol. The first kappa shape index (κ1) is 15.6. The number of amides is 1. The van der Waals surface area contributed by atoms with E-state index in [1.54, 1.807) is 0 Å². The Morgan fingerprint density at radius 1 is 1.42 bits per heavy atom. The fourth-order valence-corrected chi connectivity index (χ4v) is 4.43. The Morgan fingerprint density at radius 2 is 2.11 bits per heavy atom. The quantitative estimate of drug-likeness (QED) is 0.733. The van der Waals surface area contributed by atoms with Crippen molar-refractivity contribution in [2.75, 3.05) is 29.9 Å². The number of thioether (sulfide) groups is 1. The van der Waals surface area contributed by atoms with Crippen molar-refractivity contribution in [1.82, 2.24) is 4.90 Å². The fourth-order valence-electron chi connectivity index (χ4n) is 2.89. The second-order valence-electron chi connectivity index (χ2n) is 6.19. The van der Waals surface area contributed by atoms with Gasteiger partial charge >= 0.3 is 0 Å². The average Bonchev–Trinajstić information content (AvgIpc) is 2.38. The average molecular weight is 350 g/mol. The standard InChI is InChI=1S/C14H24BrNO2S/c1-14(2)10-16(9-12(8-15)18-14)13(17)7-11-3-5-19-6-4-11/h11-12H,3-10H2,1-2H3. The molecule has 2 rings (SSSR count). The number of alkyl halides is 1.